The van der Waals surface area contributed by atoms with Gasteiger partial charge in [0.1, 0.15) is 29.3 Å². The molecule has 1 aliphatic heterocycles. The van der Waals surface area contributed by atoms with Gasteiger partial charge in [-0.05, 0) is 75.8 Å². The van der Waals surface area contributed by atoms with Gasteiger partial charge < -0.3 is 25.0 Å². The number of pyridine rings is 1. The normalized spacial score (nSPS) is 25.5. The van der Waals surface area contributed by atoms with Gasteiger partial charge in [0.05, 0.1) is 11.8 Å². The zero-order chi connectivity index (χ0) is 37.1. The number of ether oxygens (including phenoxy) is 2. The van der Waals surface area contributed by atoms with Crippen LogP contribution >= 0.6 is 0 Å². The highest BCUT2D eigenvalue weighted by Gasteiger charge is 2.62. The van der Waals surface area contributed by atoms with Crippen molar-refractivity contribution in [3.8, 4) is 5.88 Å². The molecule has 2 heterocycles. The van der Waals surface area contributed by atoms with Crippen LogP contribution in [-0.2, 0) is 29.1 Å². The molecule has 0 spiro atoms. The molecule has 0 bridgehead atoms. The number of aromatic nitrogens is 1. The van der Waals surface area contributed by atoms with Crippen molar-refractivity contribution in [2.24, 2.45) is 11.3 Å². The summed E-state index contributed by atoms with van der Waals surface area (Å²) in [5.74, 6) is -1.76. The molecule has 3 saturated carbocycles. The van der Waals surface area contributed by atoms with E-state index in [4.69, 9.17) is 14.5 Å². The molecule has 51 heavy (non-hydrogen) atoms. The molecule has 4 amide bonds. The Bertz CT molecular complexity index is 1860. The van der Waals surface area contributed by atoms with Gasteiger partial charge in [0.2, 0.25) is 27.7 Å². The summed E-state index contributed by atoms with van der Waals surface area (Å²) in [5.41, 5.74) is -2.23. The average Bonchev–Trinajstić information content (AvgIpc) is 3.91. The van der Waals surface area contributed by atoms with Crippen LogP contribution in [0.15, 0.2) is 43.0 Å². The minimum absolute atomic E-state index is 0.0106. The van der Waals surface area contributed by atoms with Crippen LogP contribution in [0.5, 0.6) is 5.88 Å². The molecule has 1 aromatic heterocycles. The first-order valence-corrected chi connectivity index (χ1v) is 19.2. The molecule has 1 aromatic carbocycles. The van der Waals surface area contributed by atoms with Gasteiger partial charge in [-0.1, -0.05) is 45.0 Å². The largest absolute Gasteiger partial charge is 0.472 e. The van der Waals surface area contributed by atoms with Crippen molar-refractivity contribution in [2.45, 2.75) is 121 Å². The second kappa shape index (κ2) is 13.1. The molecule has 13 nitrogen and oxygen atoms in total. The summed E-state index contributed by atoms with van der Waals surface area (Å²) in [6, 6.07) is 7.59. The molecule has 2 aromatic rings. The molecule has 14 heteroatoms. The fraction of sp³-hybridized carbons (Fsp3) is 0.595. The maximum absolute atomic E-state index is 14.5. The summed E-state index contributed by atoms with van der Waals surface area (Å²) >= 11 is 0. The summed E-state index contributed by atoms with van der Waals surface area (Å²) in [4.78, 5) is 61.5. The smallest absolute Gasteiger partial charge is 0.408 e. The molecule has 276 valence electrons. The fourth-order valence-corrected chi connectivity index (χ4v) is 8.02. The van der Waals surface area contributed by atoms with Crippen LogP contribution in [0.1, 0.15) is 91.7 Å². The lowest BCUT2D eigenvalue weighted by Crippen LogP contribution is -2.60. The Balaban J connectivity index is 1.30. The lowest BCUT2D eigenvalue weighted by molar-refractivity contribution is -0.143. The lowest BCUT2D eigenvalue weighted by Gasteiger charge is -2.36. The standard InChI is InChI=1S/C37H49N5O8S/c1-8-23-19-37(23,33(45)41-51(47,48)25-15-16-25)40-30(43)28-18-24(49-31-26-12-10-9-11-22(26)17-27(38-31)21-13-14-21)20-42(28)32(44)29(35(2,3)4)39-34(46)50-36(5,6)7/h8-12,17,21,23-25,28-29H,1,13-16,18-20H2,2-7H3,(H,39,46)(H,40,43)(H,41,45). The molecule has 4 fully saturated rings. The van der Waals surface area contributed by atoms with Gasteiger partial charge in [-0.2, -0.15) is 0 Å². The van der Waals surface area contributed by atoms with Gasteiger partial charge in [0.15, 0.2) is 0 Å². The fourth-order valence-electron chi connectivity index (χ4n) is 6.66. The number of alkyl carbamates (subject to hydrolysis) is 1. The molecule has 4 aliphatic rings. The summed E-state index contributed by atoms with van der Waals surface area (Å²) in [7, 11) is -3.89. The van der Waals surface area contributed by atoms with Gasteiger partial charge in [0, 0.05) is 29.3 Å². The Kier molecular flexibility index (Phi) is 9.39. The Morgan fingerprint density at radius 3 is 2.33 bits per heavy atom. The predicted molar refractivity (Wildman–Crippen MR) is 190 cm³/mol. The number of carbonyl (C=O) groups excluding carboxylic acids is 4. The summed E-state index contributed by atoms with van der Waals surface area (Å²) in [6.45, 7) is 14.3. The second-order valence-electron chi connectivity index (χ2n) is 16.5. The zero-order valence-electron chi connectivity index (χ0n) is 30.2. The number of hydrogen-bond acceptors (Lipinski definition) is 9. The molecule has 5 atom stereocenters. The highest BCUT2D eigenvalue weighted by atomic mass is 32.2. The van der Waals surface area contributed by atoms with E-state index in [1.165, 1.54) is 11.0 Å². The maximum atomic E-state index is 14.5. The molecule has 0 radical (unpaired) electrons. The Labute approximate surface area is 299 Å². The minimum Gasteiger partial charge on any atom is -0.472 e. The van der Waals surface area contributed by atoms with E-state index in [1.54, 1.807) is 41.5 Å². The van der Waals surface area contributed by atoms with Gasteiger partial charge >= 0.3 is 6.09 Å². The third-order valence-corrected chi connectivity index (χ3v) is 11.7. The van der Waals surface area contributed by atoms with Crippen molar-refractivity contribution in [1.82, 2.24) is 25.2 Å². The number of nitrogens with zero attached hydrogens (tertiary/aromatic N) is 2. The Hall–Kier alpha value is -4.20. The van der Waals surface area contributed by atoms with Crippen molar-refractivity contribution in [3.05, 3.63) is 48.7 Å². The Morgan fingerprint density at radius 1 is 1.06 bits per heavy atom. The number of benzene rings is 1. The van der Waals surface area contributed by atoms with Crippen LogP contribution in [-0.4, -0.2) is 83.2 Å². The van der Waals surface area contributed by atoms with Crippen molar-refractivity contribution in [2.75, 3.05) is 6.54 Å². The molecule has 6 rings (SSSR count). The van der Waals surface area contributed by atoms with Crippen LogP contribution in [0.25, 0.3) is 10.8 Å². The number of rotatable bonds is 11. The maximum Gasteiger partial charge on any atom is 0.408 e. The first kappa shape index (κ1) is 36.6. The molecular formula is C37H49N5O8S. The highest BCUT2D eigenvalue weighted by molar-refractivity contribution is 7.91. The molecule has 5 unspecified atom stereocenters. The quantitative estimate of drug-likeness (QED) is 0.289. The average molecular weight is 724 g/mol. The summed E-state index contributed by atoms with van der Waals surface area (Å²) in [6.07, 6.45) is 3.28. The minimum atomic E-state index is -3.89. The third kappa shape index (κ3) is 8.00. The van der Waals surface area contributed by atoms with Crippen LogP contribution in [0.3, 0.4) is 0 Å². The van der Waals surface area contributed by atoms with Crippen molar-refractivity contribution < 1.29 is 37.1 Å². The van der Waals surface area contributed by atoms with Gasteiger partial charge in [-0.3, -0.25) is 19.1 Å². The van der Waals surface area contributed by atoms with E-state index in [0.29, 0.717) is 24.6 Å². The summed E-state index contributed by atoms with van der Waals surface area (Å²) < 4.78 is 39.6. The second-order valence-corrected chi connectivity index (χ2v) is 18.4. The van der Waals surface area contributed by atoms with E-state index >= 15 is 0 Å². The van der Waals surface area contributed by atoms with Crippen LogP contribution in [0, 0.1) is 11.3 Å². The number of likely N-dealkylation sites (tertiary alicyclic amines) is 1. The lowest BCUT2D eigenvalue weighted by atomic mass is 9.85. The van der Waals surface area contributed by atoms with E-state index in [2.05, 4.69) is 28.0 Å². The van der Waals surface area contributed by atoms with E-state index < -0.39 is 79.7 Å². The van der Waals surface area contributed by atoms with Crippen molar-refractivity contribution in [1.29, 1.82) is 0 Å². The molecule has 3 aliphatic carbocycles. The third-order valence-electron chi connectivity index (χ3n) is 9.87. The van der Waals surface area contributed by atoms with Crippen LogP contribution < -0.4 is 20.1 Å². The van der Waals surface area contributed by atoms with E-state index in [9.17, 15) is 27.6 Å². The SMILES string of the molecule is C=CC1CC1(NC(=O)C1CC(Oc2nc(C3CC3)cc3ccccc23)CN1C(=O)C(NC(=O)OC(C)(C)C)C(C)(C)C)C(=O)NS(=O)(=O)C1CC1. The van der Waals surface area contributed by atoms with Gasteiger partial charge in [0.25, 0.3) is 5.91 Å². The molecular weight excluding hydrogens is 675 g/mol. The predicted octanol–water partition coefficient (Wildman–Crippen LogP) is 4.07. The van der Waals surface area contributed by atoms with Gasteiger partial charge in [-0.25, -0.2) is 18.2 Å². The Morgan fingerprint density at radius 2 is 1.75 bits per heavy atom. The summed E-state index contributed by atoms with van der Waals surface area (Å²) in [5, 5.41) is 6.66. The topological polar surface area (TPSA) is 173 Å². The zero-order valence-corrected chi connectivity index (χ0v) is 31.0. The number of amides is 4. The number of nitrogens with one attached hydrogen (secondary N) is 3. The number of fused-ring (bicyclic) bond motifs is 1. The number of carbonyl (C=O) groups is 4. The van der Waals surface area contributed by atoms with Gasteiger partial charge in [-0.15, -0.1) is 6.58 Å². The number of hydrogen-bond donors (Lipinski definition) is 3. The van der Waals surface area contributed by atoms with Crippen molar-refractivity contribution >= 4 is 44.6 Å². The van der Waals surface area contributed by atoms with Crippen LogP contribution in [0.4, 0.5) is 4.79 Å². The first-order chi connectivity index (χ1) is 23.8. The first-order valence-electron chi connectivity index (χ1n) is 17.7. The van der Waals surface area contributed by atoms with E-state index in [-0.39, 0.29) is 19.4 Å². The van der Waals surface area contributed by atoms with E-state index in [1.807, 2.05) is 24.3 Å². The molecule has 3 N–H and O–H groups in total. The van der Waals surface area contributed by atoms with Crippen LogP contribution in [0.2, 0.25) is 0 Å². The monoisotopic (exact) mass is 723 g/mol. The molecule has 1 saturated heterocycles. The van der Waals surface area contributed by atoms with E-state index in [0.717, 1.165) is 29.3 Å². The number of sulfonamides is 1. The highest BCUT2D eigenvalue weighted by Crippen LogP contribution is 2.46. The van der Waals surface area contributed by atoms with Crippen molar-refractivity contribution in [3.63, 3.8) is 0 Å².